The Hall–Kier alpha value is -1.22. The van der Waals surface area contributed by atoms with Gasteiger partial charge in [0.25, 0.3) is 0 Å². The van der Waals surface area contributed by atoms with Gasteiger partial charge in [-0.3, -0.25) is 0 Å². The maximum atomic E-state index is 5.97. The minimum atomic E-state index is -0.232. The Labute approximate surface area is 144 Å². The van der Waals surface area contributed by atoms with Gasteiger partial charge in [0.15, 0.2) is 5.96 Å². The van der Waals surface area contributed by atoms with Crippen LogP contribution in [0.25, 0.3) is 0 Å². The molecule has 3 N–H and O–H groups in total. The average Bonchev–Trinajstić information content (AvgIpc) is 2.81. The van der Waals surface area contributed by atoms with Gasteiger partial charge in [0.1, 0.15) is 6.04 Å². The van der Waals surface area contributed by atoms with Crippen molar-refractivity contribution in [1.29, 1.82) is 0 Å². The molecule has 0 saturated heterocycles. The second-order valence-electron chi connectivity index (χ2n) is 6.41. The molecule has 21 heavy (non-hydrogen) atoms. The van der Waals surface area contributed by atoms with E-state index < -0.39 is 0 Å². The van der Waals surface area contributed by atoms with Crippen molar-refractivity contribution in [2.45, 2.75) is 46.1 Å². The van der Waals surface area contributed by atoms with Crippen molar-refractivity contribution in [3.63, 3.8) is 0 Å². The molecular formula is C17H24IN3. The Balaban J connectivity index is 0.00000220. The summed E-state index contributed by atoms with van der Waals surface area (Å²) in [5, 5.41) is 3.14. The van der Waals surface area contributed by atoms with E-state index in [1.54, 1.807) is 0 Å². The topological polar surface area (TPSA) is 50.4 Å². The van der Waals surface area contributed by atoms with Crippen molar-refractivity contribution < 1.29 is 0 Å². The number of aliphatic imine (C=N–C) groups is 1. The fraction of sp³-hybridized carbons (Fsp3) is 0.471. The maximum absolute atomic E-state index is 5.97. The van der Waals surface area contributed by atoms with E-state index in [0.29, 0.717) is 5.96 Å². The molecule has 2 rings (SSSR count). The number of anilines is 1. The lowest BCUT2D eigenvalue weighted by molar-refractivity contribution is 0.376. The molecule has 0 fully saturated rings. The third-order valence-corrected chi connectivity index (χ3v) is 3.62. The zero-order valence-corrected chi connectivity index (χ0v) is 15.3. The lowest BCUT2D eigenvalue weighted by Crippen LogP contribution is -2.30. The van der Waals surface area contributed by atoms with Crippen LogP contribution in [0.2, 0.25) is 0 Å². The summed E-state index contributed by atoms with van der Waals surface area (Å²) in [5.74, 6) is 3.07. The molecule has 1 atom stereocenters. The third-order valence-electron chi connectivity index (χ3n) is 3.62. The highest BCUT2D eigenvalue weighted by atomic mass is 127. The lowest BCUT2D eigenvalue weighted by Gasteiger charge is -2.23. The molecule has 1 unspecified atom stereocenters. The monoisotopic (exact) mass is 397 g/mol. The second kappa shape index (κ2) is 7.17. The van der Waals surface area contributed by atoms with E-state index in [1.807, 2.05) is 0 Å². The van der Waals surface area contributed by atoms with Gasteiger partial charge in [0, 0.05) is 5.69 Å². The first-order valence-electron chi connectivity index (χ1n) is 7.08. The fourth-order valence-corrected chi connectivity index (χ4v) is 2.45. The van der Waals surface area contributed by atoms with Crippen LogP contribution in [-0.2, 0) is 12.8 Å². The Bertz CT molecular complexity index is 564. The molecule has 0 spiro atoms. The highest BCUT2D eigenvalue weighted by Gasteiger charge is 2.22. The summed E-state index contributed by atoms with van der Waals surface area (Å²) in [5.41, 5.74) is 9.71. The van der Waals surface area contributed by atoms with Crippen LogP contribution in [0.1, 0.15) is 38.3 Å². The van der Waals surface area contributed by atoms with Gasteiger partial charge in [-0.15, -0.1) is 30.4 Å². The number of halogens is 1. The predicted octanol–water partition coefficient (Wildman–Crippen LogP) is 3.57. The molecule has 1 aromatic rings. The zero-order chi connectivity index (χ0) is 14.8. The summed E-state index contributed by atoms with van der Waals surface area (Å²) in [7, 11) is 0. The highest BCUT2D eigenvalue weighted by molar-refractivity contribution is 14.0. The largest absolute Gasteiger partial charge is 0.370 e. The Morgan fingerprint density at radius 2 is 2.00 bits per heavy atom. The number of hydrogen-bond donors (Lipinski definition) is 2. The van der Waals surface area contributed by atoms with E-state index in [4.69, 9.17) is 12.2 Å². The Morgan fingerprint density at radius 1 is 1.33 bits per heavy atom. The first-order valence-corrected chi connectivity index (χ1v) is 7.08. The molecule has 0 aliphatic heterocycles. The van der Waals surface area contributed by atoms with Gasteiger partial charge in [-0.05, 0) is 47.9 Å². The number of rotatable bonds is 2. The summed E-state index contributed by atoms with van der Waals surface area (Å²) < 4.78 is 0. The van der Waals surface area contributed by atoms with Gasteiger partial charge >= 0.3 is 0 Å². The molecule has 114 valence electrons. The molecule has 0 aromatic heterocycles. The van der Waals surface area contributed by atoms with Gasteiger partial charge in [0.05, 0.1) is 0 Å². The number of nitrogens with two attached hydrogens (primary N) is 1. The third kappa shape index (κ3) is 4.63. The van der Waals surface area contributed by atoms with Crippen LogP contribution in [0.4, 0.5) is 5.69 Å². The first kappa shape index (κ1) is 17.8. The summed E-state index contributed by atoms with van der Waals surface area (Å²) in [6.45, 7) is 6.18. The number of benzene rings is 1. The van der Waals surface area contributed by atoms with E-state index in [2.05, 4.69) is 55.2 Å². The summed E-state index contributed by atoms with van der Waals surface area (Å²) in [6.07, 6.45) is 9.11. The molecule has 0 amide bonds. The van der Waals surface area contributed by atoms with Crippen LogP contribution in [0.3, 0.4) is 0 Å². The van der Waals surface area contributed by atoms with E-state index in [1.165, 1.54) is 24.0 Å². The number of nitrogens with zero attached hydrogens (tertiary/aromatic N) is 1. The molecule has 1 aliphatic carbocycles. The van der Waals surface area contributed by atoms with Crippen molar-refractivity contribution in [2.24, 2.45) is 16.1 Å². The van der Waals surface area contributed by atoms with Crippen LogP contribution in [-0.4, -0.2) is 12.0 Å². The second-order valence-corrected chi connectivity index (χ2v) is 6.41. The predicted molar refractivity (Wildman–Crippen MR) is 101 cm³/mol. The van der Waals surface area contributed by atoms with Gasteiger partial charge in [-0.1, -0.05) is 32.8 Å². The molecule has 0 saturated carbocycles. The Morgan fingerprint density at radius 3 is 2.62 bits per heavy atom. The summed E-state index contributed by atoms with van der Waals surface area (Å²) in [4.78, 5) is 4.40. The van der Waals surface area contributed by atoms with Crippen LogP contribution in [0, 0.1) is 17.8 Å². The van der Waals surface area contributed by atoms with Crippen molar-refractivity contribution >= 4 is 35.6 Å². The van der Waals surface area contributed by atoms with Gasteiger partial charge in [-0.2, -0.15) is 0 Å². The molecule has 1 aliphatic rings. The number of guanidine groups is 1. The van der Waals surface area contributed by atoms with Crippen molar-refractivity contribution in [1.82, 2.24) is 0 Å². The van der Waals surface area contributed by atoms with E-state index in [-0.39, 0.29) is 35.4 Å². The van der Waals surface area contributed by atoms with Gasteiger partial charge in [0.2, 0.25) is 0 Å². The number of fused-ring (bicyclic) bond motifs is 1. The molecule has 0 heterocycles. The molecule has 0 radical (unpaired) electrons. The molecule has 1 aromatic carbocycles. The number of aryl methyl sites for hydroxylation is 2. The van der Waals surface area contributed by atoms with Gasteiger partial charge in [-0.25, -0.2) is 4.99 Å². The Kier molecular flexibility index (Phi) is 6.09. The van der Waals surface area contributed by atoms with Crippen LogP contribution < -0.4 is 11.1 Å². The maximum Gasteiger partial charge on any atom is 0.194 e. The lowest BCUT2D eigenvalue weighted by atomic mass is 9.88. The average molecular weight is 397 g/mol. The summed E-state index contributed by atoms with van der Waals surface area (Å²) in [6, 6.07) is 6.14. The van der Waals surface area contributed by atoms with Crippen molar-refractivity contribution in [2.75, 3.05) is 5.32 Å². The number of nitrogens with one attached hydrogen (secondary N) is 1. The zero-order valence-electron chi connectivity index (χ0n) is 12.9. The van der Waals surface area contributed by atoms with E-state index >= 15 is 0 Å². The quantitative estimate of drug-likeness (QED) is 0.347. The van der Waals surface area contributed by atoms with Gasteiger partial charge < -0.3 is 11.1 Å². The molecular weight excluding hydrogens is 373 g/mol. The smallest absolute Gasteiger partial charge is 0.194 e. The van der Waals surface area contributed by atoms with E-state index in [9.17, 15) is 0 Å². The first-order chi connectivity index (χ1) is 9.40. The molecule has 0 bridgehead atoms. The van der Waals surface area contributed by atoms with Crippen LogP contribution in [0.15, 0.2) is 23.2 Å². The van der Waals surface area contributed by atoms with Crippen molar-refractivity contribution in [3.05, 3.63) is 29.3 Å². The number of hydrogen-bond acceptors (Lipinski definition) is 1. The number of terminal acetylenes is 1. The molecule has 4 heteroatoms. The van der Waals surface area contributed by atoms with Crippen molar-refractivity contribution in [3.8, 4) is 12.3 Å². The SMILES string of the molecule is C#CC(N=C(N)Nc1ccc2c(c1)CCC2)C(C)(C)C.I. The minimum Gasteiger partial charge on any atom is -0.370 e. The van der Waals surface area contributed by atoms with Crippen LogP contribution in [0.5, 0.6) is 0 Å². The minimum absolute atomic E-state index is 0. The fourth-order valence-electron chi connectivity index (χ4n) is 2.45. The highest BCUT2D eigenvalue weighted by Crippen LogP contribution is 2.25. The van der Waals surface area contributed by atoms with Crippen LogP contribution >= 0.6 is 24.0 Å². The standard InChI is InChI=1S/C17H23N3.HI/c1-5-15(17(2,3)4)20-16(18)19-14-10-9-12-7-6-8-13(12)11-14;/h1,9-11,15H,6-8H2,2-4H3,(H3,18,19,20);1H. The summed E-state index contributed by atoms with van der Waals surface area (Å²) >= 11 is 0. The normalized spacial score (nSPS) is 15.6. The van der Waals surface area contributed by atoms with E-state index in [0.717, 1.165) is 12.1 Å². The molecule has 3 nitrogen and oxygen atoms in total.